The summed E-state index contributed by atoms with van der Waals surface area (Å²) in [7, 11) is 0. The first kappa shape index (κ1) is 15.3. The SMILES string of the molecule is CCC(C)(C)C(=O)CCC(N)C(=O)C(C)C. The lowest BCUT2D eigenvalue weighted by Gasteiger charge is -2.21. The first-order valence-corrected chi connectivity index (χ1v) is 6.05. The van der Waals surface area contributed by atoms with Crippen LogP contribution in [0.1, 0.15) is 53.9 Å². The van der Waals surface area contributed by atoms with Crippen molar-refractivity contribution >= 4 is 11.6 Å². The fraction of sp³-hybridized carbons (Fsp3) is 0.846. The third-order valence-corrected chi connectivity index (χ3v) is 3.26. The Hall–Kier alpha value is -0.700. The molecule has 3 nitrogen and oxygen atoms in total. The van der Waals surface area contributed by atoms with Crippen LogP contribution in [0.4, 0.5) is 0 Å². The van der Waals surface area contributed by atoms with Crippen molar-refractivity contribution in [1.82, 2.24) is 0 Å². The van der Waals surface area contributed by atoms with E-state index in [1.54, 1.807) is 0 Å². The molecule has 0 rings (SSSR count). The quantitative estimate of drug-likeness (QED) is 0.726. The van der Waals surface area contributed by atoms with Crippen LogP contribution in [0, 0.1) is 11.3 Å². The molecule has 0 radical (unpaired) electrons. The summed E-state index contributed by atoms with van der Waals surface area (Å²) >= 11 is 0. The number of rotatable bonds is 7. The van der Waals surface area contributed by atoms with Gasteiger partial charge in [-0.15, -0.1) is 0 Å². The molecule has 94 valence electrons. The summed E-state index contributed by atoms with van der Waals surface area (Å²) in [6.45, 7) is 9.54. The van der Waals surface area contributed by atoms with Gasteiger partial charge in [-0.3, -0.25) is 9.59 Å². The molecule has 0 aliphatic carbocycles. The number of carbonyl (C=O) groups excluding carboxylic acids is 2. The van der Waals surface area contributed by atoms with Crippen LogP contribution >= 0.6 is 0 Å². The molecule has 1 atom stereocenters. The molecule has 0 fully saturated rings. The molecule has 0 saturated heterocycles. The van der Waals surface area contributed by atoms with Gasteiger partial charge in [-0.2, -0.15) is 0 Å². The Balaban J connectivity index is 4.17. The Morgan fingerprint density at radius 1 is 1.25 bits per heavy atom. The van der Waals surface area contributed by atoms with Crippen molar-refractivity contribution < 1.29 is 9.59 Å². The van der Waals surface area contributed by atoms with Crippen molar-refractivity contribution in [3.63, 3.8) is 0 Å². The minimum Gasteiger partial charge on any atom is -0.321 e. The summed E-state index contributed by atoms with van der Waals surface area (Å²) in [4.78, 5) is 23.4. The Morgan fingerprint density at radius 3 is 2.12 bits per heavy atom. The van der Waals surface area contributed by atoms with Gasteiger partial charge in [0.1, 0.15) is 5.78 Å². The molecule has 2 N–H and O–H groups in total. The van der Waals surface area contributed by atoms with Crippen LogP contribution in [0.25, 0.3) is 0 Å². The van der Waals surface area contributed by atoms with Crippen LogP contribution in [0.3, 0.4) is 0 Å². The molecule has 0 aliphatic heterocycles. The van der Waals surface area contributed by atoms with Crippen LogP contribution < -0.4 is 5.73 Å². The molecule has 0 amide bonds. The predicted molar refractivity (Wildman–Crippen MR) is 66.1 cm³/mol. The molecule has 16 heavy (non-hydrogen) atoms. The lowest BCUT2D eigenvalue weighted by molar-refractivity contribution is -0.128. The number of hydrogen-bond acceptors (Lipinski definition) is 3. The molecular weight excluding hydrogens is 202 g/mol. The molecular formula is C13H25NO2. The van der Waals surface area contributed by atoms with E-state index in [0.29, 0.717) is 12.8 Å². The Bertz CT molecular complexity index is 257. The molecule has 1 unspecified atom stereocenters. The summed E-state index contributed by atoms with van der Waals surface area (Å²) in [6.07, 6.45) is 1.69. The van der Waals surface area contributed by atoms with Crippen LogP contribution in [0.15, 0.2) is 0 Å². The third-order valence-electron chi connectivity index (χ3n) is 3.26. The zero-order chi connectivity index (χ0) is 12.9. The molecule has 3 heteroatoms. The van der Waals surface area contributed by atoms with Crippen LogP contribution in [-0.4, -0.2) is 17.6 Å². The maximum atomic E-state index is 11.8. The van der Waals surface area contributed by atoms with Crippen molar-refractivity contribution in [3.05, 3.63) is 0 Å². The van der Waals surface area contributed by atoms with Gasteiger partial charge in [0.15, 0.2) is 5.78 Å². The van der Waals surface area contributed by atoms with E-state index >= 15 is 0 Å². The smallest absolute Gasteiger partial charge is 0.152 e. The Kier molecular flexibility index (Phi) is 5.87. The monoisotopic (exact) mass is 227 g/mol. The second-order valence-electron chi connectivity index (χ2n) is 5.36. The molecule has 0 aromatic carbocycles. The van der Waals surface area contributed by atoms with E-state index in [-0.39, 0.29) is 22.9 Å². The standard InChI is InChI=1S/C13H25NO2/c1-6-13(4,5)11(15)8-7-10(14)12(16)9(2)3/h9-10H,6-8,14H2,1-5H3. The minimum absolute atomic E-state index is 0.0436. The fourth-order valence-electron chi connectivity index (χ4n) is 1.39. The van der Waals surface area contributed by atoms with Gasteiger partial charge in [-0.25, -0.2) is 0 Å². The molecule has 0 aromatic heterocycles. The number of Topliss-reactive ketones (excluding diaryl/α,β-unsaturated/α-hetero) is 2. The van der Waals surface area contributed by atoms with E-state index in [9.17, 15) is 9.59 Å². The molecule has 0 aromatic rings. The minimum atomic E-state index is -0.489. The van der Waals surface area contributed by atoms with Crippen LogP contribution in [-0.2, 0) is 9.59 Å². The number of carbonyl (C=O) groups is 2. The van der Waals surface area contributed by atoms with Gasteiger partial charge >= 0.3 is 0 Å². The average molecular weight is 227 g/mol. The molecule has 0 aliphatic rings. The maximum Gasteiger partial charge on any atom is 0.152 e. The van der Waals surface area contributed by atoms with E-state index in [0.717, 1.165) is 6.42 Å². The summed E-state index contributed by atoms with van der Waals surface area (Å²) < 4.78 is 0. The van der Waals surface area contributed by atoms with E-state index in [1.807, 2.05) is 34.6 Å². The van der Waals surface area contributed by atoms with E-state index in [4.69, 9.17) is 5.73 Å². The Morgan fingerprint density at radius 2 is 1.75 bits per heavy atom. The van der Waals surface area contributed by atoms with Gasteiger partial charge in [0.05, 0.1) is 6.04 Å². The van der Waals surface area contributed by atoms with Gasteiger partial charge in [-0.1, -0.05) is 34.6 Å². The zero-order valence-electron chi connectivity index (χ0n) is 11.2. The van der Waals surface area contributed by atoms with Crippen molar-refractivity contribution in [3.8, 4) is 0 Å². The number of hydrogen-bond donors (Lipinski definition) is 1. The van der Waals surface area contributed by atoms with E-state index in [2.05, 4.69) is 0 Å². The lowest BCUT2D eigenvalue weighted by Crippen LogP contribution is -2.35. The van der Waals surface area contributed by atoms with Crippen LogP contribution in [0.5, 0.6) is 0 Å². The van der Waals surface area contributed by atoms with Crippen molar-refractivity contribution in [2.24, 2.45) is 17.1 Å². The van der Waals surface area contributed by atoms with Gasteiger partial charge < -0.3 is 5.73 Å². The summed E-state index contributed by atoms with van der Waals surface area (Å²) in [5.41, 5.74) is 5.46. The second-order valence-corrected chi connectivity index (χ2v) is 5.36. The highest BCUT2D eigenvalue weighted by Gasteiger charge is 2.26. The van der Waals surface area contributed by atoms with Crippen molar-refractivity contribution in [2.45, 2.75) is 59.9 Å². The lowest BCUT2D eigenvalue weighted by atomic mass is 9.82. The average Bonchev–Trinajstić information content (AvgIpc) is 2.23. The van der Waals surface area contributed by atoms with E-state index in [1.165, 1.54) is 0 Å². The molecule has 0 heterocycles. The zero-order valence-corrected chi connectivity index (χ0v) is 11.2. The normalized spacial score (nSPS) is 13.9. The third kappa shape index (κ3) is 4.44. The maximum absolute atomic E-state index is 11.8. The van der Waals surface area contributed by atoms with Gasteiger partial charge in [0.2, 0.25) is 0 Å². The number of nitrogens with two attached hydrogens (primary N) is 1. The topological polar surface area (TPSA) is 60.2 Å². The highest BCUT2D eigenvalue weighted by molar-refractivity contribution is 5.87. The van der Waals surface area contributed by atoms with Gasteiger partial charge in [0, 0.05) is 17.8 Å². The van der Waals surface area contributed by atoms with Gasteiger partial charge in [-0.05, 0) is 12.8 Å². The molecule has 0 bridgehead atoms. The van der Waals surface area contributed by atoms with Crippen molar-refractivity contribution in [1.29, 1.82) is 0 Å². The number of ketones is 2. The summed E-state index contributed by atoms with van der Waals surface area (Å²) in [6, 6.07) is -0.489. The largest absolute Gasteiger partial charge is 0.321 e. The molecule has 0 spiro atoms. The Labute approximate surface area is 98.8 Å². The second kappa shape index (κ2) is 6.14. The van der Waals surface area contributed by atoms with E-state index < -0.39 is 6.04 Å². The van der Waals surface area contributed by atoms with Crippen molar-refractivity contribution in [2.75, 3.05) is 0 Å². The predicted octanol–water partition coefficient (Wildman–Crippen LogP) is 2.32. The summed E-state index contributed by atoms with van der Waals surface area (Å²) in [5, 5.41) is 0. The highest BCUT2D eigenvalue weighted by atomic mass is 16.1. The fourth-order valence-corrected chi connectivity index (χ4v) is 1.39. The highest BCUT2D eigenvalue weighted by Crippen LogP contribution is 2.23. The first-order chi connectivity index (χ1) is 7.22. The first-order valence-electron chi connectivity index (χ1n) is 6.05. The van der Waals surface area contributed by atoms with Gasteiger partial charge in [0.25, 0.3) is 0 Å². The molecule has 0 saturated carbocycles. The van der Waals surface area contributed by atoms with Crippen LogP contribution in [0.2, 0.25) is 0 Å². The summed E-state index contributed by atoms with van der Waals surface area (Å²) in [5.74, 6) is 0.188.